The maximum absolute atomic E-state index is 7.82. The molecule has 0 aliphatic rings. The summed E-state index contributed by atoms with van der Waals surface area (Å²) in [6.45, 7) is 1.08. The second-order valence-electron chi connectivity index (χ2n) is 1.36. The first kappa shape index (κ1) is 8.23. The van der Waals surface area contributed by atoms with Crippen LogP contribution in [0.15, 0.2) is 5.11 Å². The van der Waals surface area contributed by atoms with Gasteiger partial charge in [-0.25, -0.2) is 5.48 Å². The minimum absolute atomic E-state index is 0.498. The predicted octanol–water partition coefficient (Wildman–Crippen LogP) is 0.838. The summed E-state index contributed by atoms with van der Waals surface area (Å²) in [5.41, 5.74) is 10.3. The van der Waals surface area contributed by atoms with Crippen molar-refractivity contribution in [2.75, 3.05) is 20.2 Å². The van der Waals surface area contributed by atoms with Crippen LogP contribution in [0.4, 0.5) is 0 Å². The SMILES string of the molecule is CNOCCCN=[N+]=[N-]. The Bertz CT molecular complexity index is 98.7. The normalized spacial score (nSPS) is 8.56. The lowest BCUT2D eigenvalue weighted by molar-refractivity contribution is 0.0574. The fourth-order valence-corrected chi connectivity index (χ4v) is 0.354. The summed E-state index contributed by atoms with van der Waals surface area (Å²) in [5.74, 6) is 0. The summed E-state index contributed by atoms with van der Waals surface area (Å²) >= 11 is 0. The van der Waals surface area contributed by atoms with E-state index in [1.165, 1.54) is 0 Å². The molecule has 0 saturated heterocycles. The molecule has 0 aliphatic heterocycles. The Morgan fingerprint density at radius 3 is 3.11 bits per heavy atom. The van der Waals surface area contributed by atoms with Crippen molar-refractivity contribution in [3.05, 3.63) is 10.4 Å². The molecule has 5 heteroatoms. The van der Waals surface area contributed by atoms with Gasteiger partial charge in [-0.1, -0.05) is 5.11 Å². The van der Waals surface area contributed by atoms with Crippen molar-refractivity contribution in [3.8, 4) is 0 Å². The quantitative estimate of drug-likeness (QED) is 0.197. The fourth-order valence-electron chi connectivity index (χ4n) is 0.354. The molecular formula is C4H10N4O. The monoisotopic (exact) mass is 130 g/mol. The van der Waals surface area contributed by atoms with E-state index in [1.54, 1.807) is 7.05 Å². The van der Waals surface area contributed by atoms with Gasteiger partial charge in [0.05, 0.1) is 6.61 Å². The van der Waals surface area contributed by atoms with Gasteiger partial charge in [-0.3, -0.25) is 0 Å². The summed E-state index contributed by atoms with van der Waals surface area (Å²) in [6.07, 6.45) is 0.755. The molecule has 0 bridgehead atoms. The van der Waals surface area contributed by atoms with Gasteiger partial charge >= 0.3 is 0 Å². The molecule has 0 aromatic heterocycles. The second-order valence-corrected chi connectivity index (χ2v) is 1.36. The maximum Gasteiger partial charge on any atom is 0.0683 e. The smallest absolute Gasteiger partial charge is 0.0683 e. The zero-order valence-electron chi connectivity index (χ0n) is 5.37. The molecule has 9 heavy (non-hydrogen) atoms. The topological polar surface area (TPSA) is 70.0 Å². The van der Waals surface area contributed by atoms with E-state index in [4.69, 9.17) is 10.4 Å². The van der Waals surface area contributed by atoms with Crippen LogP contribution in [0.2, 0.25) is 0 Å². The standard InChI is InChI=1S/C4H10N4O/c1-6-9-4-2-3-7-8-5/h6H,2-4H2,1H3. The Morgan fingerprint density at radius 1 is 1.78 bits per heavy atom. The maximum atomic E-state index is 7.82. The molecule has 0 unspecified atom stereocenters. The van der Waals surface area contributed by atoms with Crippen molar-refractivity contribution in [3.63, 3.8) is 0 Å². The molecule has 0 atom stereocenters. The largest absolute Gasteiger partial charge is 0.302 e. The van der Waals surface area contributed by atoms with Crippen molar-refractivity contribution >= 4 is 0 Å². The lowest BCUT2D eigenvalue weighted by Gasteiger charge is -1.95. The molecule has 0 heterocycles. The number of hydrogen-bond acceptors (Lipinski definition) is 3. The van der Waals surface area contributed by atoms with Crippen LogP contribution in [0.3, 0.4) is 0 Å². The molecule has 0 aromatic rings. The van der Waals surface area contributed by atoms with Gasteiger partial charge in [-0.2, -0.15) is 0 Å². The van der Waals surface area contributed by atoms with Gasteiger partial charge in [0, 0.05) is 18.5 Å². The molecule has 0 spiro atoms. The Kier molecular flexibility index (Phi) is 6.61. The van der Waals surface area contributed by atoms with E-state index in [9.17, 15) is 0 Å². The van der Waals surface area contributed by atoms with Gasteiger partial charge in [-0.05, 0) is 12.0 Å². The van der Waals surface area contributed by atoms with Crippen LogP contribution in [0.5, 0.6) is 0 Å². The zero-order chi connectivity index (χ0) is 6.95. The third-order valence-electron chi connectivity index (χ3n) is 0.712. The minimum atomic E-state index is 0.498. The van der Waals surface area contributed by atoms with Gasteiger partial charge in [0.25, 0.3) is 0 Å². The van der Waals surface area contributed by atoms with Crippen LogP contribution in [0, 0.1) is 0 Å². The number of rotatable bonds is 5. The highest BCUT2D eigenvalue weighted by atomic mass is 16.6. The molecule has 0 aliphatic carbocycles. The van der Waals surface area contributed by atoms with Crippen LogP contribution in [-0.4, -0.2) is 20.2 Å². The van der Waals surface area contributed by atoms with Crippen molar-refractivity contribution in [2.24, 2.45) is 5.11 Å². The third kappa shape index (κ3) is 7.23. The molecular weight excluding hydrogens is 120 g/mol. The predicted molar refractivity (Wildman–Crippen MR) is 33.6 cm³/mol. The number of hydrogen-bond donors (Lipinski definition) is 1. The Balaban J connectivity index is 2.82. The second kappa shape index (κ2) is 7.23. The van der Waals surface area contributed by atoms with Crippen molar-refractivity contribution < 1.29 is 4.84 Å². The van der Waals surface area contributed by atoms with Gasteiger partial charge in [0.2, 0.25) is 0 Å². The molecule has 0 amide bonds. The first-order valence-electron chi connectivity index (χ1n) is 2.71. The Labute approximate surface area is 53.6 Å². The highest BCUT2D eigenvalue weighted by Crippen LogP contribution is 1.80. The van der Waals surface area contributed by atoms with E-state index in [0.717, 1.165) is 6.42 Å². The molecule has 1 N–H and O–H groups in total. The van der Waals surface area contributed by atoms with Crippen LogP contribution < -0.4 is 5.48 Å². The summed E-state index contributed by atoms with van der Waals surface area (Å²) in [5, 5.41) is 3.32. The van der Waals surface area contributed by atoms with Gasteiger partial charge in [0.1, 0.15) is 0 Å². The van der Waals surface area contributed by atoms with Crippen molar-refractivity contribution in [1.29, 1.82) is 0 Å². The van der Waals surface area contributed by atoms with Gasteiger partial charge in [0.15, 0.2) is 0 Å². The van der Waals surface area contributed by atoms with Crippen LogP contribution in [0.1, 0.15) is 6.42 Å². The molecule has 5 nitrogen and oxygen atoms in total. The molecule has 52 valence electrons. The van der Waals surface area contributed by atoms with Crippen LogP contribution >= 0.6 is 0 Å². The van der Waals surface area contributed by atoms with E-state index in [-0.39, 0.29) is 0 Å². The van der Waals surface area contributed by atoms with E-state index < -0.39 is 0 Å². The lowest BCUT2D eigenvalue weighted by Crippen LogP contribution is -2.08. The minimum Gasteiger partial charge on any atom is -0.302 e. The van der Waals surface area contributed by atoms with E-state index in [0.29, 0.717) is 13.2 Å². The van der Waals surface area contributed by atoms with Gasteiger partial charge in [-0.15, -0.1) is 0 Å². The summed E-state index contributed by atoms with van der Waals surface area (Å²) in [6, 6.07) is 0. The molecule has 0 saturated carbocycles. The zero-order valence-corrected chi connectivity index (χ0v) is 5.37. The van der Waals surface area contributed by atoms with Crippen molar-refractivity contribution in [1.82, 2.24) is 5.48 Å². The number of azide groups is 1. The van der Waals surface area contributed by atoms with Crippen molar-refractivity contribution in [2.45, 2.75) is 6.42 Å². The first-order chi connectivity index (χ1) is 4.41. The lowest BCUT2D eigenvalue weighted by atomic mass is 10.5. The highest BCUT2D eigenvalue weighted by molar-refractivity contribution is 4.44. The average Bonchev–Trinajstić information content (AvgIpc) is 1.89. The molecule has 0 rings (SSSR count). The first-order valence-corrected chi connectivity index (χ1v) is 2.71. The van der Waals surface area contributed by atoms with E-state index >= 15 is 0 Å². The number of nitrogens with one attached hydrogen (secondary N) is 1. The summed E-state index contributed by atoms with van der Waals surface area (Å²) in [7, 11) is 1.69. The average molecular weight is 130 g/mol. The number of nitrogens with zero attached hydrogens (tertiary/aromatic N) is 3. The molecule has 0 radical (unpaired) electrons. The third-order valence-corrected chi connectivity index (χ3v) is 0.712. The number of hydroxylamine groups is 1. The summed E-state index contributed by atoms with van der Waals surface area (Å²) < 4.78 is 0. The molecule has 0 aromatic carbocycles. The molecule has 0 fully saturated rings. The van der Waals surface area contributed by atoms with E-state index in [1.807, 2.05) is 0 Å². The van der Waals surface area contributed by atoms with E-state index in [2.05, 4.69) is 15.5 Å². The van der Waals surface area contributed by atoms with Crippen LogP contribution in [0.25, 0.3) is 10.4 Å². The summed E-state index contributed by atoms with van der Waals surface area (Å²) in [4.78, 5) is 7.33. The highest BCUT2D eigenvalue weighted by Gasteiger charge is 1.81. The Morgan fingerprint density at radius 2 is 2.56 bits per heavy atom. The Hall–Kier alpha value is -0.770. The fraction of sp³-hybridized carbons (Fsp3) is 1.00. The van der Waals surface area contributed by atoms with Crippen LogP contribution in [-0.2, 0) is 4.84 Å². The van der Waals surface area contributed by atoms with Gasteiger partial charge < -0.3 is 4.84 Å².